The lowest BCUT2D eigenvalue weighted by Gasteiger charge is -2.36. The molecular weight excluding hydrogens is 612 g/mol. The summed E-state index contributed by atoms with van der Waals surface area (Å²) in [6.07, 6.45) is -3.38. The zero-order valence-corrected chi connectivity index (χ0v) is 25.8. The number of hydrogen-bond acceptors (Lipinski definition) is 8. The number of nitrogens with one attached hydrogen (secondary N) is 1. The van der Waals surface area contributed by atoms with Gasteiger partial charge in [0.25, 0.3) is 11.8 Å². The molecule has 3 aromatic rings. The molecule has 13 heteroatoms. The van der Waals surface area contributed by atoms with Gasteiger partial charge >= 0.3 is 23.7 Å². The number of ether oxygens (including phenoxy) is 3. The Morgan fingerprint density at radius 2 is 1.43 bits per heavy atom. The Hall–Kier alpha value is -5.27. The molecule has 0 aliphatic carbocycles. The van der Waals surface area contributed by atoms with E-state index in [1.807, 2.05) is 48.5 Å². The fraction of sp³-hybridized carbons (Fsp3) is 0.324. The molecule has 4 N–H and O–H groups in total. The average molecular weight is 649 g/mol. The highest BCUT2D eigenvalue weighted by Gasteiger charge is 2.63. The van der Waals surface area contributed by atoms with Gasteiger partial charge in [-0.2, -0.15) is 0 Å². The number of aliphatic carboxylic acids is 3. The molecule has 1 fully saturated rings. The summed E-state index contributed by atoms with van der Waals surface area (Å²) in [4.78, 5) is 64.1. The summed E-state index contributed by atoms with van der Waals surface area (Å²) in [5.41, 5.74) is 1.73. The highest BCUT2D eigenvalue weighted by Crippen LogP contribution is 2.35. The number of hydrogen-bond donors (Lipinski definition) is 4. The highest BCUT2D eigenvalue weighted by molar-refractivity contribution is 6.05. The van der Waals surface area contributed by atoms with Gasteiger partial charge in [0, 0.05) is 18.5 Å². The Morgan fingerprint density at radius 3 is 1.98 bits per heavy atom. The van der Waals surface area contributed by atoms with Gasteiger partial charge in [-0.1, -0.05) is 60.7 Å². The van der Waals surface area contributed by atoms with Crippen LogP contribution < -0.4 is 10.1 Å². The van der Waals surface area contributed by atoms with Gasteiger partial charge in [0.2, 0.25) is 0 Å². The predicted octanol–water partition coefficient (Wildman–Crippen LogP) is 3.28. The van der Waals surface area contributed by atoms with Gasteiger partial charge in [-0.25, -0.2) is 9.59 Å². The molecule has 0 spiro atoms. The van der Waals surface area contributed by atoms with Crippen molar-refractivity contribution in [2.24, 2.45) is 0 Å². The van der Waals surface area contributed by atoms with Crippen LogP contribution in [0.25, 0.3) is 0 Å². The van der Waals surface area contributed by atoms with E-state index in [2.05, 4.69) is 5.32 Å². The fourth-order valence-corrected chi connectivity index (χ4v) is 5.46. The Morgan fingerprint density at radius 1 is 0.851 bits per heavy atom. The first kappa shape index (κ1) is 34.6. The van der Waals surface area contributed by atoms with E-state index in [0.717, 1.165) is 16.0 Å². The van der Waals surface area contributed by atoms with Gasteiger partial charge in [-0.3, -0.25) is 14.4 Å². The van der Waals surface area contributed by atoms with Crippen molar-refractivity contribution in [1.29, 1.82) is 0 Å². The highest BCUT2D eigenvalue weighted by atomic mass is 16.8. The number of likely N-dealkylation sites (N-methyl/N-ethyl adjacent to an activating group) is 1. The van der Waals surface area contributed by atoms with Crippen LogP contribution in [-0.2, 0) is 39.9 Å². The Bertz CT molecular complexity index is 1570. The van der Waals surface area contributed by atoms with Crippen LogP contribution >= 0.6 is 0 Å². The molecule has 3 aromatic carbocycles. The van der Waals surface area contributed by atoms with Gasteiger partial charge < -0.3 is 39.7 Å². The number of benzene rings is 3. The van der Waals surface area contributed by atoms with Crippen molar-refractivity contribution in [1.82, 2.24) is 10.2 Å². The standard InChI is InChI=1S/C34H36N2O11/c1-3-35-32(42)34(33(43)44)46-28(29(47-34)31(40)41)30(39)36(20-27(37)38)21(2)26(19-14-22-10-6-4-7-11-22)23-15-17-25(18-16-23)45-24-12-8-5-9-13-24/h4-13,15-18,21,26,28-29H,3,14,19-20H2,1-2H3,(H,35,42)(H,37,38)(H,40,41)(H,43,44)/t21-,26+,28+,29+,34?/m1/s1. The molecule has 0 aromatic heterocycles. The second-order valence-electron chi connectivity index (χ2n) is 10.9. The molecule has 47 heavy (non-hydrogen) atoms. The van der Waals surface area contributed by atoms with Crippen LogP contribution in [0.4, 0.5) is 0 Å². The molecule has 1 heterocycles. The lowest BCUT2D eigenvalue weighted by Crippen LogP contribution is -2.55. The van der Waals surface area contributed by atoms with Crippen LogP contribution in [-0.4, -0.2) is 87.1 Å². The predicted molar refractivity (Wildman–Crippen MR) is 166 cm³/mol. The third kappa shape index (κ3) is 8.12. The van der Waals surface area contributed by atoms with Crippen LogP contribution in [0.5, 0.6) is 11.5 Å². The second-order valence-corrected chi connectivity index (χ2v) is 10.9. The summed E-state index contributed by atoms with van der Waals surface area (Å²) >= 11 is 0. The van der Waals surface area contributed by atoms with E-state index in [1.165, 1.54) is 6.92 Å². The molecular formula is C34H36N2O11. The summed E-state index contributed by atoms with van der Waals surface area (Å²) in [5.74, 6) is -10.1. The SMILES string of the molecule is CCNC(=O)C1(C(=O)O)O[C@H](C(=O)O)[C@@H](C(=O)N(CC(=O)O)[C@H](C)[C@H](CCc2ccccc2)c2ccc(Oc3ccccc3)cc2)O1. The van der Waals surface area contributed by atoms with Crippen LogP contribution in [0.2, 0.25) is 0 Å². The van der Waals surface area contributed by atoms with Crippen molar-refractivity contribution >= 4 is 29.7 Å². The lowest BCUT2D eigenvalue weighted by molar-refractivity contribution is -0.210. The minimum Gasteiger partial charge on any atom is -0.480 e. The van der Waals surface area contributed by atoms with Crippen molar-refractivity contribution in [2.45, 2.75) is 56.6 Å². The topological polar surface area (TPSA) is 189 Å². The monoisotopic (exact) mass is 648 g/mol. The number of carboxylic acid groups (broad SMARTS) is 3. The molecule has 5 atom stereocenters. The normalized spacial score (nSPS) is 20.0. The number of rotatable bonds is 15. The zero-order chi connectivity index (χ0) is 34.1. The number of amides is 2. The Kier molecular flexibility index (Phi) is 11.3. The molecule has 1 unspecified atom stereocenters. The van der Waals surface area contributed by atoms with E-state index in [0.29, 0.717) is 24.3 Å². The number of carbonyl (C=O) groups is 5. The molecule has 248 valence electrons. The molecule has 2 amide bonds. The maximum Gasteiger partial charge on any atom is 0.375 e. The third-order valence-corrected chi connectivity index (χ3v) is 7.80. The van der Waals surface area contributed by atoms with E-state index < -0.39 is 66.2 Å². The number of para-hydroxylation sites is 1. The van der Waals surface area contributed by atoms with Crippen molar-refractivity contribution in [3.63, 3.8) is 0 Å². The zero-order valence-electron chi connectivity index (χ0n) is 25.8. The van der Waals surface area contributed by atoms with Gasteiger partial charge in [0.1, 0.15) is 18.0 Å². The Labute approximate surface area is 270 Å². The molecule has 0 bridgehead atoms. The fourth-order valence-electron chi connectivity index (χ4n) is 5.46. The van der Waals surface area contributed by atoms with Gasteiger partial charge in [0.05, 0.1) is 0 Å². The smallest absolute Gasteiger partial charge is 0.375 e. The van der Waals surface area contributed by atoms with Crippen molar-refractivity contribution in [3.8, 4) is 11.5 Å². The molecule has 0 saturated carbocycles. The van der Waals surface area contributed by atoms with E-state index in [9.17, 15) is 39.3 Å². The first-order chi connectivity index (χ1) is 22.5. The lowest BCUT2D eigenvalue weighted by atomic mass is 9.85. The number of carbonyl (C=O) groups excluding carboxylic acids is 2. The molecule has 0 radical (unpaired) electrons. The maximum atomic E-state index is 14.0. The number of nitrogens with zero attached hydrogens (tertiary/aromatic N) is 1. The number of carboxylic acids is 3. The molecule has 1 aliphatic heterocycles. The van der Waals surface area contributed by atoms with Crippen LogP contribution in [0.1, 0.15) is 37.3 Å². The summed E-state index contributed by atoms with van der Waals surface area (Å²) in [5, 5.41) is 31.8. The maximum absolute atomic E-state index is 14.0. The first-order valence-corrected chi connectivity index (χ1v) is 15.0. The molecule has 13 nitrogen and oxygen atoms in total. The van der Waals surface area contributed by atoms with Gasteiger partial charge in [-0.05, 0) is 62.1 Å². The summed E-state index contributed by atoms with van der Waals surface area (Å²) < 4.78 is 16.4. The van der Waals surface area contributed by atoms with Crippen molar-refractivity contribution < 1.29 is 53.5 Å². The second kappa shape index (κ2) is 15.3. The summed E-state index contributed by atoms with van der Waals surface area (Å²) in [7, 11) is 0. The van der Waals surface area contributed by atoms with Crippen molar-refractivity contribution in [2.75, 3.05) is 13.1 Å². The quantitative estimate of drug-likeness (QED) is 0.177. The van der Waals surface area contributed by atoms with Crippen LogP contribution in [0, 0.1) is 0 Å². The summed E-state index contributed by atoms with van der Waals surface area (Å²) in [6.45, 7) is 2.19. The van der Waals surface area contributed by atoms with Crippen LogP contribution in [0.3, 0.4) is 0 Å². The third-order valence-electron chi connectivity index (χ3n) is 7.80. The molecule has 1 aliphatic rings. The van der Waals surface area contributed by atoms with E-state index in [1.54, 1.807) is 43.3 Å². The van der Waals surface area contributed by atoms with Crippen LogP contribution in [0.15, 0.2) is 84.9 Å². The first-order valence-electron chi connectivity index (χ1n) is 15.0. The van der Waals surface area contributed by atoms with Gasteiger partial charge in [-0.15, -0.1) is 0 Å². The van der Waals surface area contributed by atoms with E-state index in [-0.39, 0.29) is 6.54 Å². The Balaban J connectivity index is 1.69. The average Bonchev–Trinajstić information content (AvgIpc) is 3.48. The van der Waals surface area contributed by atoms with Gasteiger partial charge in [0.15, 0.2) is 12.2 Å². The summed E-state index contributed by atoms with van der Waals surface area (Å²) in [6, 6.07) is 24.9. The molecule has 4 rings (SSSR count). The largest absolute Gasteiger partial charge is 0.480 e. The van der Waals surface area contributed by atoms with E-state index in [4.69, 9.17) is 14.2 Å². The van der Waals surface area contributed by atoms with Crippen molar-refractivity contribution in [3.05, 3.63) is 96.1 Å². The minimum absolute atomic E-state index is 0.0443. The number of aryl methyl sites for hydroxylation is 1. The molecule has 1 saturated heterocycles. The van der Waals surface area contributed by atoms with E-state index >= 15 is 0 Å². The minimum atomic E-state index is -3.14.